The van der Waals surface area contributed by atoms with Crippen LogP contribution in [0, 0.1) is 0 Å². The van der Waals surface area contributed by atoms with Crippen molar-refractivity contribution in [1.29, 1.82) is 0 Å². The molecule has 0 amide bonds. The van der Waals surface area contributed by atoms with Gasteiger partial charge >= 0.3 is 29.6 Å². The van der Waals surface area contributed by atoms with Gasteiger partial charge in [-0.3, -0.25) is 0 Å². The SMILES string of the molecule is C=CCC(F)(F)C(=O)[O-].[Na+]. The molecule has 0 unspecified atom stereocenters. The Hall–Kier alpha value is 0.0700. The normalized spacial score (nSPS) is 9.80. The molecule has 0 radical (unpaired) electrons. The second kappa shape index (κ2) is 4.82. The van der Waals surface area contributed by atoms with Crippen LogP contribution >= 0.6 is 0 Å². The maximum absolute atomic E-state index is 11.8. The summed E-state index contributed by atoms with van der Waals surface area (Å²) >= 11 is 0. The van der Waals surface area contributed by atoms with Crippen molar-refractivity contribution >= 4 is 5.97 Å². The van der Waals surface area contributed by atoms with Crippen molar-refractivity contribution in [2.75, 3.05) is 0 Å². The average Bonchev–Trinajstić information content (AvgIpc) is 1.65. The molecule has 0 aromatic carbocycles. The molecule has 0 rings (SSSR count). The number of carbonyl (C=O) groups is 1. The minimum atomic E-state index is -3.76. The molecule has 5 heteroatoms. The molecule has 0 spiro atoms. The van der Waals surface area contributed by atoms with Gasteiger partial charge in [0, 0.05) is 6.42 Å². The molecule has 0 aliphatic carbocycles. The molecule has 0 aromatic heterocycles. The van der Waals surface area contributed by atoms with Crippen LogP contribution in [0.2, 0.25) is 0 Å². The van der Waals surface area contributed by atoms with Crippen molar-refractivity contribution in [1.82, 2.24) is 0 Å². The maximum Gasteiger partial charge on any atom is 1.00 e. The van der Waals surface area contributed by atoms with E-state index in [-0.39, 0.29) is 29.6 Å². The van der Waals surface area contributed by atoms with E-state index in [0.717, 1.165) is 6.08 Å². The number of carboxylic acids is 1. The minimum absolute atomic E-state index is 0. The summed E-state index contributed by atoms with van der Waals surface area (Å²) in [4.78, 5) is 9.50. The summed E-state index contributed by atoms with van der Waals surface area (Å²) < 4.78 is 23.6. The first kappa shape index (κ1) is 12.7. The van der Waals surface area contributed by atoms with Crippen molar-refractivity contribution < 1.29 is 48.2 Å². The number of alkyl halides is 2. The van der Waals surface area contributed by atoms with Crippen LogP contribution in [0.3, 0.4) is 0 Å². The van der Waals surface area contributed by atoms with Gasteiger partial charge in [0.15, 0.2) is 0 Å². The first-order chi connectivity index (χ1) is 4.00. The summed E-state index contributed by atoms with van der Waals surface area (Å²) in [5.74, 6) is -6.12. The largest absolute Gasteiger partial charge is 1.00 e. The van der Waals surface area contributed by atoms with E-state index in [2.05, 4.69) is 6.58 Å². The second-order valence-electron chi connectivity index (χ2n) is 1.48. The Morgan fingerprint density at radius 1 is 1.70 bits per heavy atom. The molecule has 0 saturated carbocycles. The van der Waals surface area contributed by atoms with Crippen LogP contribution in [-0.4, -0.2) is 11.9 Å². The standard InChI is InChI=1S/C5H6F2O2.Na/c1-2-3-5(6,7)4(8)9;/h2H,1,3H2,(H,8,9);/q;+1/p-1. The van der Waals surface area contributed by atoms with Gasteiger partial charge in [0.05, 0.1) is 0 Å². The summed E-state index contributed by atoms with van der Waals surface area (Å²) in [6.07, 6.45) is -0.0505. The minimum Gasteiger partial charge on any atom is -0.544 e. The molecule has 0 saturated heterocycles. The van der Waals surface area contributed by atoms with Gasteiger partial charge in [-0.25, -0.2) is 0 Å². The van der Waals surface area contributed by atoms with Crippen molar-refractivity contribution in [3.63, 3.8) is 0 Å². The molecule has 0 heterocycles. The van der Waals surface area contributed by atoms with E-state index in [9.17, 15) is 18.7 Å². The predicted molar refractivity (Wildman–Crippen MR) is 24.8 cm³/mol. The Kier molecular flexibility index (Phi) is 6.13. The molecule has 0 atom stereocenters. The van der Waals surface area contributed by atoms with Crippen molar-refractivity contribution in [3.8, 4) is 0 Å². The maximum atomic E-state index is 11.8. The van der Waals surface area contributed by atoms with E-state index in [4.69, 9.17) is 0 Å². The van der Waals surface area contributed by atoms with Gasteiger partial charge in [0.1, 0.15) is 5.97 Å². The fraction of sp³-hybridized carbons (Fsp3) is 0.400. The number of halogens is 2. The summed E-state index contributed by atoms with van der Waals surface area (Å²) in [5, 5.41) is 9.50. The molecule has 0 fully saturated rings. The molecule has 0 aliphatic heterocycles. The quantitative estimate of drug-likeness (QED) is 0.323. The smallest absolute Gasteiger partial charge is 0.544 e. The van der Waals surface area contributed by atoms with Crippen LogP contribution in [-0.2, 0) is 4.79 Å². The number of allylic oxidation sites excluding steroid dienone is 1. The summed E-state index contributed by atoms with van der Waals surface area (Å²) in [6.45, 7) is 2.96. The number of hydrogen-bond acceptors (Lipinski definition) is 2. The Morgan fingerprint density at radius 2 is 2.10 bits per heavy atom. The zero-order valence-electron chi connectivity index (χ0n) is 5.56. The fourth-order valence-electron chi connectivity index (χ4n) is 0.265. The number of carbonyl (C=O) groups excluding carboxylic acids is 1. The summed E-state index contributed by atoms with van der Waals surface area (Å²) in [6, 6.07) is 0. The molecule has 0 aromatic rings. The third-order valence-corrected chi connectivity index (χ3v) is 0.699. The zero-order chi connectivity index (χ0) is 7.49. The summed E-state index contributed by atoms with van der Waals surface area (Å²) in [7, 11) is 0. The van der Waals surface area contributed by atoms with E-state index >= 15 is 0 Å². The predicted octanol–water partition coefficient (Wildman–Crippen LogP) is -3.05. The number of rotatable bonds is 3. The third kappa shape index (κ3) is 3.98. The first-order valence-electron chi connectivity index (χ1n) is 2.21. The Morgan fingerprint density at radius 3 is 2.20 bits per heavy atom. The van der Waals surface area contributed by atoms with Crippen molar-refractivity contribution in [2.24, 2.45) is 0 Å². The molecule has 52 valence electrons. The number of aliphatic carboxylic acids is 1. The molecule has 10 heavy (non-hydrogen) atoms. The summed E-state index contributed by atoms with van der Waals surface area (Å²) in [5.41, 5.74) is 0. The number of hydrogen-bond donors (Lipinski definition) is 0. The van der Waals surface area contributed by atoms with Crippen LogP contribution < -0.4 is 34.7 Å². The van der Waals surface area contributed by atoms with Gasteiger partial charge in [-0.05, 0) is 0 Å². The molecule has 0 N–H and O–H groups in total. The van der Waals surface area contributed by atoms with Crippen LogP contribution in [0.15, 0.2) is 12.7 Å². The van der Waals surface area contributed by atoms with E-state index in [0.29, 0.717) is 0 Å². The van der Waals surface area contributed by atoms with E-state index in [1.54, 1.807) is 0 Å². The van der Waals surface area contributed by atoms with E-state index in [1.165, 1.54) is 0 Å². The van der Waals surface area contributed by atoms with E-state index < -0.39 is 18.3 Å². The van der Waals surface area contributed by atoms with Gasteiger partial charge in [-0.1, -0.05) is 6.08 Å². The topological polar surface area (TPSA) is 40.1 Å². The number of carboxylic acid groups (broad SMARTS) is 1. The molecule has 0 bridgehead atoms. The van der Waals surface area contributed by atoms with E-state index in [1.807, 2.05) is 0 Å². The van der Waals surface area contributed by atoms with Gasteiger partial charge in [-0.2, -0.15) is 8.78 Å². The monoisotopic (exact) mass is 158 g/mol. The zero-order valence-corrected chi connectivity index (χ0v) is 7.56. The van der Waals surface area contributed by atoms with Gasteiger partial charge < -0.3 is 9.90 Å². The molecule has 2 nitrogen and oxygen atoms in total. The second-order valence-corrected chi connectivity index (χ2v) is 1.48. The van der Waals surface area contributed by atoms with Gasteiger partial charge in [0.2, 0.25) is 0 Å². The first-order valence-corrected chi connectivity index (χ1v) is 2.21. The van der Waals surface area contributed by atoms with Crippen LogP contribution in [0.1, 0.15) is 6.42 Å². The third-order valence-electron chi connectivity index (χ3n) is 0.699. The van der Waals surface area contributed by atoms with Crippen LogP contribution in [0.25, 0.3) is 0 Å². The molecular formula is C5H5F2NaO2. The average molecular weight is 158 g/mol. The Bertz CT molecular complexity index is 136. The Labute approximate surface area is 79.2 Å². The Balaban J connectivity index is 0. The van der Waals surface area contributed by atoms with Gasteiger partial charge in [0.25, 0.3) is 5.92 Å². The molecule has 0 aliphatic rings. The van der Waals surface area contributed by atoms with Crippen LogP contribution in [0.4, 0.5) is 8.78 Å². The fourth-order valence-corrected chi connectivity index (χ4v) is 0.265. The molecular weight excluding hydrogens is 153 g/mol. The van der Waals surface area contributed by atoms with Crippen LogP contribution in [0.5, 0.6) is 0 Å². The van der Waals surface area contributed by atoms with Crippen molar-refractivity contribution in [2.45, 2.75) is 12.3 Å². The van der Waals surface area contributed by atoms with Gasteiger partial charge in [-0.15, -0.1) is 6.58 Å². The van der Waals surface area contributed by atoms with Crippen molar-refractivity contribution in [3.05, 3.63) is 12.7 Å².